The minimum atomic E-state index is -3.85. The van der Waals surface area contributed by atoms with Gasteiger partial charge < -0.3 is 5.11 Å². The molecule has 0 aliphatic carbocycles. The molecule has 0 spiro atoms. The van der Waals surface area contributed by atoms with E-state index in [1.807, 2.05) is 22.6 Å². The zero-order chi connectivity index (χ0) is 15.8. The molecule has 0 radical (unpaired) electrons. The van der Waals surface area contributed by atoms with Crippen molar-refractivity contribution >= 4 is 38.6 Å². The van der Waals surface area contributed by atoms with Crippen molar-refractivity contribution in [2.24, 2.45) is 0 Å². The van der Waals surface area contributed by atoms with Crippen LogP contribution in [0.4, 0.5) is 0 Å². The van der Waals surface area contributed by atoms with Crippen LogP contribution in [0.15, 0.2) is 35.2 Å². The SMILES string of the molecule is Cc1ccc(C)n1NS(=O)(=O)c1ccc(I)c(C(=O)O)c1. The van der Waals surface area contributed by atoms with Crippen LogP contribution < -0.4 is 4.83 Å². The number of benzene rings is 1. The first-order chi connectivity index (χ1) is 9.72. The van der Waals surface area contributed by atoms with Gasteiger partial charge in [0.05, 0.1) is 10.5 Å². The number of nitrogens with zero attached hydrogens (tertiary/aromatic N) is 1. The number of sulfonamides is 1. The monoisotopic (exact) mass is 420 g/mol. The van der Waals surface area contributed by atoms with Gasteiger partial charge in [-0.05, 0) is 66.8 Å². The molecule has 0 atom stereocenters. The van der Waals surface area contributed by atoms with Crippen LogP contribution in [-0.2, 0) is 10.0 Å². The van der Waals surface area contributed by atoms with Crippen molar-refractivity contribution < 1.29 is 18.3 Å². The Morgan fingerprint density at radius 1 is 1.19 bits per heavy atom. The maximum absolute atomic E-state index is 12.4. The van der Waals surface area contributed by atoms with E-state index in [1.165, 1.54) is 16.8 Å². The predicted octanol–water partition coefficient (Wildman–Crippen LogP) is 2.34. The Balaban J connectivity index is 2.45. The Kier molecular flexibility index (Phi) is 4.28. The second-order valence-electron chi connectivity index (χ2n) is 4.49. The molecule has 0 fully saturated rings. The standard InChI is InChI=1S/C13H13IN2O4S/c1-8-3-4-9(2)16(8)15-21(19,20)10-5-6-12(14)11(7-10)13(17)18/h3-7,15H,1-2H3,(H,17,18). The Morgan fingerprint density at radius 2 is 1.76 bits per heavy atom. The van der Waals surface area contributed by atoms with Crippen molar-refractivity contribution in [2.45, 2.75) is 18.7 Å². The van der Waals surface area contributed by atoms with E-state index in [0.29, 0.717) is 3.57 Å². The van der Waals surface area contributed by atoms with E-state index in [0.717, 1.165) is 17.5 Å². The molecular formula is C13H13IN2O4S. The number of aromatic carboxylic acids is 1. The summed E-state index contributed by atoms with van der Waals surface area (Å²) in [6, 6.07) is 7.57. The highest BCUT2D eigenvalue weighted by Crippen LogP contribution is 2.19. The van der Waals surface area contributed by atoms with Gasteiger partial charge in [0.1, 0.15) is 0 Å². The topological polar surface area (TPSA) is 88.4 Å². The van der Waals surface area contributed by atoms with Crippen LogP contribution in [-0.4, -0.2) is 24.2 Å². The van der Waals surface area contributed by atoms with Gasteiger partial charge in [-0.1, -0.05) is 0 Å². The molecule has 1 aromatic heterocycles. The molecule has 2 rings (SSSR count). The lowest BCUT2D eigenvalue weighted by molar-refractivity contribution is 0.0695. The molecular weight excluding hydrogens is 407 g/mol. The van der Waals surface area contributed by atoms with Gasteiger partial charge in [0.2, 0.25) is 0 Å². The normalized spacial score (nSPS) is 11.4. The smallest absolute Gasteiger partial charge is 0.336 e. The number of rotatable bonds is 4. The van der Waals surface area contributed by atoms with Gasteiger partial charge >= 0.3 is 5.97 Å². The average molecular weight is 420 g/mol. The highest BCUT2D eigenvalue weighted by Gasteiger charge is 2.19. The third-order valence-corrected chi connectivity index (χ3v) is 5.20. The maximum atomic E-state index is 12.4. The van der Waals surface area contributed by atoms with Crippen molar-refractivity contribution in [3.8, 4) is 0 Å². The third-order valence-electron chi connectivity index (χ3n) is 2.96. The number of halogens is 1. The summed E-state index contributed by atoms with van der Waals surface area (Å²) in [4.78, 5) is 13.4. The minimum Gasteiger partial charge on any atom is -0.478 e. The molecule has 0 aliphatic rings. The lowest BCUT2D eigenvalue weighted by Gasteiger charge is -2.13. The number of aromatic nitrogens is 1. The zero-order valence-electron chi connectivity index (χ0n) is 11.3. The molecule has 1 heterocycles. The molecule has 0 saturated heterocycles. The van der Waals surface area contributed by atoms with Crippen molar-refractivity contribution in [2.75, 3.05) is 4.83 Å². The number of aryl methyl sites for hydroxylation is 2. The van der Waals surface area contributed by atoms with Crippen molar-refractivity contribution in [1.82, 2.24) is 4.68 Å². The minimum absolute atomic E-state index is 0.0422. The van der Waals surface area contributed by atoms with Crippen LogP contribution in [0.5, 0.6) is 0 Å². The van der Waals surface area contributed by atoms with Crippen molar-refractivity contribution in [3.05, 3.63) is 50.9 Å². The molecule has 2 aromatic rings. The number of hydrogen-bond donors (Lipinski definition) is 2. The first-order valence-electron chi connectivity index (χ1n) is 5.93. The molecule has 2 N–H and O–H groups in total. The summed E-state index contributed by atoms with van der Waals surface area (Å²) in [5.41, 5.74) is 1.43. The molecule has 8 heteroatoms. The number of carboxylic acid groups (broad SMARTS) is 1. The van der Waals surface area contributed by atoms with E-state index in [4.69, 9.17) is 5.11 Å². The molecule has 21 heavy (non-hydrogen) atoms. The van der Waals surface area contributed by atoms with Gasteiger partial charge in [0.25, 0.3) is 10.0 Å². The first kappa shape index (κ1) is 15.8. The molecule has 1 aromatic carbocycles. The summed E-state index contributed by atoms with van der Waals surface area (Å²) in [5, 5.41) is 9.08. The highest BCUT2D eigenvalue weighted by molar-refractivity contribution is 14.1. The average Bonchev–Trinajstić information content (AvgIpc) is 2.70. The third kappa shape index (κ3) is 3.21. The fraction of sp³-hybridized carbons (Fsp3) is 0.154. The van der Waals surface area contributed by atoms with Crippen LogP contribution >= 0.6 is 22.6 Å². The Morgan fingerprint density at radius 3 is 2.29 bits per heavy atom. The number of hydrogen-bond acceptors (Lipinski definition) is 3. The molecule has 6 nitrogen and oxygen atoms in total. The fourth-order valence-corrected chi connectivity index (χ4v) is 3.54. The number of carboxylic acids is 1. The highest BCUT2D eigenvalue weighted by atomic mass is 127. The summed E-state index contributed by atoms with van der Waals surface area (Å²) in [6.45, 7) is 3.54. The van der Waals surface area contributed by atoms with Gasteiger partial charge in [-0.15, -0.1) is 0 Å². The van der Waals surface area contributed by atoms with Gasteiger partial charge in [-0.25, -0.2) is 9.63 Å². The number of nitrogens with one attached hydrogen (secondary N) is 1. The largest absolute Gasteiger partial charge is 0.478 e. The van der Waals surface area contributed by atoms with Crippen LogP contribution in [0.25, 0.3) is 0 Å². The van der Waals surface area contributed by atoms with Crippen LogP contribution in [0.1, 0.15) is 21.7 Å². The number of carbonyl (C=O) groups is 1. The van der Waals surface area contributed by atoms with E-state index in [1.54, 1.807) is 26.0 Å². The summed E-state index contributed by atoms with van der Waals surface area (Å²) < 4.78 is 26.6. The second kappa shape index (κ2) is 5.68. The fourth-order valence-electron chi connectivity index (χ4n) is 1.82. The van der Waals surface area contributed by atoms with E-state index in [2.05, 4.69) is 4.83 Å². The summed E-state index contributed by atoms with van der Waals surface area (Å²) in [6.07, 6.45) is 0. The Bertz CT molecular complexity index is 792. The lowest BCUT2D eigenvalue weighted by atomic mass is 10.2. The second-order valence-corrected chi connectivity index (χ2v) is 7.32. The molecule has 0 amide bonds. The van der Waals surface area contributed by atoms with Crippen molar-refractivity contribution in [1.29, 1.82) is 0 Å². The van der Waals surface area contributed by atoms with E-state index >= 15 is 0 Å². The predicted molar refractivity (Wildman–Crippen MR) is 86.6 cm³/mol. The molecule has 0 bridgehead atoms. The van der Waals surface area contributed by atoms with Crippen LogP contribution in [0.2, 0.25) is 0 Å². The lowest BCUT2D eigenvalue weighted by Crippen LogP contribution is -2.25. The Labute approximate surface area is 136 Å². The zero-order valence-corrected chi connectivity index (χ0v) is 14.3. The maximum Gasteiger partial charge on any atom is 0.336 e. The summed E-state index contributed by atoms with van der Waals surface area (Å²) in [7, 11) is -3.85. The molecule has 112 valence electrons. The quantitative estimate of drug-likeness (QED) is 0.744. The van der Waals surface area contributed by atoms with Gasteiger partial charge in [0, 0.05) is 15.0 Å². The molecule has 0 unspecified atom stereocenters. The van der Waals surface area contributed by atoms with Crippen molar-refractivity contribution in [3.63, 3.8) is 0 Å². The van der Waals surface area contributed by atoms with E-state index < -0.39 is 16.0 Å². The summed E-state index contributed by atoms with van der Waals surface area (Å²) >= 11 is 1.85. The van der Waals surface area contributed by atoms with E-state index in [9.17, 15) is 13.2 Å². The van der Waals surface area contributed by atoms with Gasteiger partial charge in [0.15, 0.2) is 0 Å². The molecule has 0 aliphatic heterocycles. The van der Waals surface area contributed by atoms with Gasteiger partial charge in [-0.2, -0.15) is 8.42 Å². The van der Waals surface area contributed by atoms with Gasteiger partial charge in [-0.3, -0.25) is 4.68 Å². The Hall–Kier alpha value is -1.55. The molecule has 0 saturated carbocycles. The first-order valence-corrected chi connectivity index (χ1v) is 8.49. The summed E-state index contributed by atoms with van der Waals surface area (Å²) in [5.74, 6) is -1.16. The van der Waals surface area contributed by atoms with E-state index in [-0.39, 0.29) is 10.5 Å². The van der Waals surface area contributed by atoms with Crippen LogP contribution in [0.3, 0.4) is 0 Å². The van der Waals surface area contributed by atoms with Crippen LogP contribution in [0, 0.1) is 17.4 Å².